The molecule has 6 nitrogen and oxygen atoms in total. The Morgan fingerprint density at radius 2 is 1.76 bits per heavy atom. The summed E-state index contributed by atoms with van der Waals surface area (Å²) >= 11 is 0. The highest BCUT2D eigenvalue weighted by molar-refractivity contribution is 5.99. The molecule has 5 rings (SSSR count). The summed E-state index contributed by atoms with van der Waals surface area (Å²) in [7, 11) is 0. The van der Waals surface area contributed by atoms with Gasteiger partial charge in [-0.25, -0.2) is 4.98 Å². The highest BCUT2D eigenvalue weighted by Gasteiger charge is 2.42. The van der Waals surface area contributed by atoms with Crippen molar-refractivity contribution in [3.8, 4) is 0 Å². The van der Waals surface area contributed by atoms with Crippen LogP contribution in [0.5, 0.6) is 0 Å². The SMILES string of the molecule is O=C1c2oc3ccccc3c(=O)c2C(c2ccccc2)N1CCCn1ccnc1. The molecule has 0 spiro atoms. The number of nitrogens with zero attached hydrogens (tertiary/aromatic N) is 3. The number of carbonyl (C=O) groups is 1. The van der Waals surface area contributed by atoms with Crippen LogP contribution in [0.15, 0.2) is 82.5 Å². The zero-order chi connectivity index (χ0) is 19.8. The lowest BCUT2D eigenvalue weighted by atomic mass is 9.98. The number of para-hydroxylation sites is 1. The fourth-order valence-electron chi connectivity index (χ4n) is 4.02. The van der Waals surface area contributed by atoms with Gasteiger partial charge in [0.25, 0.3) is 5.91 Å². The second kappa shape index (κ2) is 7.05. The maximum atomic E-state index is 13.3. The van der Waals surface area contributed by atoms with Gasteiger partial charge in [0.2, 0.25) is 5.76 Å². The third-order valence-electron chi connectivity index (χ3n) is 5.36. The molecule has 1 aliphatic heterocycles. The first-order valence-electron chi connectivity index (χ1n) is 9.61. The van der Waals surface area contributed by atoms with E-state index in [9.17, 15) is 9.59 Å². The topological polar surface area (TPSA) is 68.3 Å². The minimum absolute atomic E-state index is 0.138. The highest BCUT2D eigenvalue weighted by Crippen LogP contribution is 2.38. The van der Waals surface area contributed by atoms with Crippen molar-refractivity contribution in [1.82, 2.24) is 14.5 Å². The Bertz CT molecular complexity index is 1230. The van der Waals surface area contributed by atoms with Crippen LogP contribution in [0.3, 0.4) is 0 Å². The summed E-state index contributed by atoms with van der Waals surface area (Å²) in [5.41, 5.74) is 1.64. The molecule has 0 bridgehead atoms. The van der Waals surface area contributed by atoms with Gasteiger partial charge in [-0.05, 0) is 24.1 Å². The quantitative estimate of drug-likeness (QED) is 0.526. The molecule has 0 fully saturated rings. The normalized spacial score (nSPS) is 15.8. The number of aryl methyl sites for hydroxylation is 1. The van der Waals surface area contributed by atoms with Crippen LogP contribution in [0.25, 0.3) is 11.0 Å². The largest absolute Gasteiger partial charge is 0.450 e. The van der Waals surface area contributed by atoms with Gasteiger partial charge in [0.05, 0.1) is 23.3 Å². The van der Waals surface area contributed by atoms with Gasteiger partial charge in [-0.3, -0.25) is 9.59 Å². The fourth-order valence-corrected chi connectivity index (χ4v) is 4.02. The molecule has 6 heteroatoms. The Morgan fingerprint density at radius 3 is 2.55 bits per heavy atom. The molecule has 0 radical (unpaired) electrons. The Hall–Kier alpha value is -3.67. The van der Waals surface area contributed by atoms with E-state index < -0.39 is 6.04 Å². The standard InChI is InChI=1S/C23H19N3O3/c27-21-17-9-4-5-10-18(17)29-22-19(21)20(16-7-2-1-3-8-16)26(23(22)28)13-6-12-25-14-11-24-15-25/h1-5,7-11,14-15,20H,6,12-13H2. The molecule has 2 aromatic carbocycles. The van der Waals surface area contributed by atoms with Crippen LogP contribution in [0.4, 0.5) is 0 Å². The molecule has 3 heterocycles. The number of benzene rings is 2. The zero-order valence-corrected chi connectivity index (χ0v) is 15.7. The number of amides is 1. The molecule has 144 valence electrons. The summed E-state index contributed by atoms with van der Waals surface area (Å²) in [4.78, 5) is 32.3. The molecule has 0 saturated carbocycles. The first kappa shape index (κ1) is 17.4. The van der Waals surface area contributed by atoms with Crippen molar-refractivity contribution in [2.45, 2.75) is 19.0 Å². The minimum Gasteiger partial charge on any atom is -0.450 e. The summed E-state index contributed by atoms with van der Waals surface area (Å²) in [6, 6.07) is 16.3. The summed E-state index contributed by atoms with van der Waals surface area (Å²) in [6.45, 7) is 1.25. The van der Waals surface area contributed by atoms with Gasteiger partial charge in [0.15, 0.2) is 5.43 Å². The van der Waals surface area contributed by atoms with Crippen molar-refractivity contribution < 1.29 is 9.21 Å². The molecule has 1 aliphatic rings. The van der Waals surface area contributed by atoms with Crippen molar-refractivity contribution in [3.05, 3.63) is 100 Å². The number of aromatic nitrogens is 2. The van der Waals surface area contributed by atoms with Gasteiger partial charge >= 0.3 is 0 Å². The molecule has 0 saturated heterocycles. The minimum atomic E-state index is -0.442. The monoisotopic (exact) mass is 385 g/mol. The average molecular weight is 385 g/mol. The van der Waals surface area contributed by atoms with Crippen LogP contribution >= 0.6 is 0 Å². The lowest BCUT2D eigenvalue weighted by Crippen LogP contribution is -2.31. The van der Waals surface area contributed by atoms with Crippen molar-refractivity contribution in [1.29, 1.82) is 0 Å². The van der Waals surface area contributed by atoms with Gasteiger partial charge in [-0.15, -0.1) is 0 Å². The van der Waals surface area contributed by atoms with E-state index in [1.54, 1.807) is 35.6 Å². The third kappa shape index (κ3) is 2.93. The van der Waals surface area contributed by atoms with E-state index in [1.165, 1.54) is 0 Å². The highest BCUT2D eigenvalue weighted by atomic mass is 16.3. The van der Waals surface area contributed by atoms with Gasteiger partial charge in [0.1, 0.15) is 5.58 Å². The molecule has 4 aromatic rings. The van der Waals surface area contributed by atoms with E-state index in [-0.39, 0.29) is 17.1 Å². The third-order valence-corrected chi connectivity index (χ3v) is 5.36. The molecular weight excluding hydrogens is 366 g/mol. The van der Waals surface area contributed by atoms with Gasteiger partial charge in [-0.1, -0.05) is 42.5 Å². The molecular formula is C23H19N3O3. The van der Waals surface area contributed by atoms with Crippen molar-refractivity contribution in [2.24, 2.45) is 0 Å². The van der Waals surface area contributed by atoms with Gasteiger partial charge < -0.3 is 13.9 Å². The summed E-state index contributed by atoms with van der Waals surface area (Å²) < 4.78 is 7.90. The Morgan fingerprint density at radius 1 is 0.966 bits per heavy atom. The zero-order valence-electron chi connectivity index (χ0n) is 15.7. The first-order chi connectivity index (χ1) is 14.2. The maximum Gasteiger partial charge on any atom is 0.290 e. The summed E-state index contributed by atoms with van der Waals surface area (Å²) in [5, 5.41) is 0.500. The van der Waals surface area contributed by atoms with Crippen LogP contribution in [-0.4, -0.2) is 26.9 Å². The Labute approximate surface area is 167 Å². The van der Waals surface area contributed by atoms with Crippen LogP contribution in [0, 0.1) is 0 Å². The van der Waals surface area contributed by atoms with E-state index in [0.29, 0.717) is 23.1 Å². The molecule has 1 unspecified atom stereocenters. The molecule has 0 aliphatic carbocycles. The predicted octanol–water partition coefficient (Wildman–Crippen LogP) is 3.63. The number of hydrogen-bond acceptors (Lipinski definition) is 4. The molecule has 1 atom stereocenters. The maximum absolute atomic E-state index is 13.3. The molecule has 1 amide bonds. The van der Waals surface area contributed by atoms with Crippen LogP contribution in [-0.2, 0) is 6.54 Å². The fraction of sp³-hybridized carbons (Fsp3) is 0.174. The smallest absolute Gasteiger partial charge is 0.290 e. The lowest BCUT2D eigenvalue weighted by Gasteiger charge is -2.25. The van der Waals surface area contributed by atoms with E-state index >= 15 is 0 Å². The number of carbonyl (C=O) groups excluding carboxylic acids is 1. The predicted molar refractivity (Wildman–Crippen MR) is 109 cm³/mol. The van der Waals surface area contributed by atoms with Crippen molar-refractivity contribution >= 4 is 16.9 Å². The van der Waals surface area contributed by atoms with E-state index in [1.807, 2.05) is 47.2 Å². The molecule has 29 heavy (non-hydrogen) atoms. The Balaban J connectivity index is 1.58. The van der Waals surface area contributed by atoms with Crippen LogP contribution < -0.4 is 5.43 Å². The number of fused-ring (bicyclic) bond motifs is 2. The Kier molecular flexibility index (Phi) is 4.24. The average Bonchev–Trinajstić information content (AvgIpc) is 3.37. The van der Waals surface area contributed by atoms with E-state index in [2.05, 4.69) is 4.98 Å². The molecule has 2 aromatic heterocycles. The second-order valence-electron chi connectivity index (χ2n) is 7.14. The van der Waals surface area contributed by atoms with E-state index in [4.69, 9.17) is 4.42 Å². The van der Waals surface area contributed by atoms with Crippen molar-refractivity contribution in [3.63, 3.8) is 0 Å². The van der Waals surface area contributed by atoms with Crippen molar-refractivity contribution in [2.75, 3.05) is 6.54 Å². The lowest BCUT2D eigenvalue weighted by molar-refractivity contribution is 0.0723. The number of imidazole rings is 1. The number of hydrogen-bond donors (Lipinski definition) is 0. The van der Waals surface area contributed by atoms with Gasteiger partial charge in [-0.2, -0.15) is 0 Å². The van der Waals surface area contributed by atoms with Crippen LogP contribution in [0.1, 0.15) is 34.1 Å². The second-order valence-corrected chi connectivity index (χ2v) is 7.14. The van der Waals surface area contributed by atoms with Crippen LogP contribution in [0.2, 0.25) is 0 Å². The summed E-state index contributed by atoms with van der Waals surface area (Å²) in [6.07, 6.45) is 6.13. The van der Waals surface area contributed by atoms with E-state index in [0.717, 1.165) is 18.5 Å². The van der Waals surface area contributed by atoms with Gasteiger partial charge in [0, 0.05) is 25.5 Å². The number of rotatable bonds is 5. The summed E-state index contributed by atoms with van der Waals surface area (Å²) in [5.74, 6) is -0.0764. The molecule has 0 N–H and O–H groups in total. The first-order valence-corrected chi connectivity index (χ1v) is 9.61.